The van der Waals surface area contributed by atoms with Gasteiger partial charge < -0.3 is 4.52 Å². The van der Waals surface area contributed by atoms with Crippen molar-refractivity contribution in [3.63, 3.8) is 0 Å². The first kappa shape index (κ1) is 15.6. The number of carbonyl (C=O) groups excluding carboxylic acids is 1. The maximum absolute atomic E-state index is 12.4. The van der Waals surface area contributed by atoms with Crippen LogP contribution in [-0.4, -0.2) is 10.6 Å². The fourth-order valence-corrected chi connectivity index (χ4v) is 2.69. The Labute approximate surface area is 138 Å². The molecule has 2 aromatic rings. The molecule has 1 aliphatic rings. The van der Waals surface area contributed by atoms with Gasteiger partial charge in [0.25, 0.3) is 5.91 Å². The van der Waals surface area contributed by atoms with E-state index in [0.717, 1.165) is 28.7 Å². The molecule has 0 saturated carbocycles. The zero-order valence-electron chi connectivity index (χ0n) is 12.5. The van der Waals surface area contributed by atoms with Gasteiger partial charge in [-0.25, -0.2) is 4.79 Å². The van der Waals surface area contributed by atoms with Crippen LogP contribution in [0.4, 0.5) is 0 Å². The predicted molar refractivity (Wildman–Crippen MR) is 88.9 cm³/mol. The molecule has 0 spiro atoms. The van der Waals surface area contributed by atoms with Crippen molar-refractivity contribution in [2.45, 2.75) is 25.7 Å². The second-order valence-electron chi connectivity index (χ2n) is 5.47. The highest BCUT2D eigenvalue weighted by Crippen LogP contribution is 2.17. The van der Waals surface area contributed by atoms with E-state index in [0.29, 0.717) is 17.1 Å². The average molecular weight is 330 g/mol. The van der Waals surface area contributed by atoms with Crippen LogP contribution in [0.25, 0.3) is 0 Å². The number of carbonyl (C=O) groups is 1. The standard InChI is InChI=1S/C18H16ClNO3/c19-15-8-6-14(7-9-15)10-16-12-18(22)23-20(16)17(21)11-13-4-2-1-3-5-13/h2,4-9,12H,1,3,10-11H2. The van der Waals surface area contributed by atoms with E-state index in [1.807, 2.05) is 30.4 Å². The number of benzene rings is 1. The summed E-state index contributed by atoms with van der Waals surface area (Å²) in [6.07, 6.45) is 8.62. The van der Waals surface area contributed by atoms with Gasteiger partial charge >= 0.3 is 5.63 Å². The van der Waals surface area contributed by atoms with Crippen LogP contribution in [0.15, 0.2) is 63.5 Å². The lowest BCUT2D eigenvalue weighted by molar-refractivity contribution is 0.0782. The quantitative estimate of drug-likeness (QED) is 0.852. The number of nitrogens with zero attached hydrogens (tertiary/aromatic N) is 1. The first-order valence-electron chi connectivity index (χ1n) is 7.47. The summed E-state index contributed by atoms with van der Waals surface area (Å²) in [6, 6.07) is 8.64. The molecule has 5 heteroatoms. The van der Waals surface area contributed by atoms with Gasteiger partial charge in [-0.3, -0.25) is 4.79 Å². The van der Waals surface area contributed by atoms with Crippen LogP contribution in [0, 0.1) is 0 Å². The Hall–Kier alpha value is -2.33. The Kier molecular flexibility index (Phi) is 4.63. The molecule has 4 nitrogen and oxygen atoms in total. The lowest BCUT2D eigenvalue weighted by Crippen LogP contribution is -2.14. The molecule has 0 unspecified atom stereocenters. The number of allylic oxidation sites excluding steroid dienone is 4. The van der Waals surface area contributed by atoms with Gasteiger partial charge in [0, 0.05) is 17.5 Å². The summed E-state index contributed by atoms with van der Waals surface area (Å²) in [6.45, 7) is 0. The van der Waals surface area contributed by atoms with Crippen molar-refractivity contribution >= 4 is 17.5 Å². The van der Waals surface area contributed by atoms with Crippen molar-refractivity contribution in [1.82, 2.24) is 4.74 Å². The SMILES string of the molecule is O=C(CC1=CCCC=C1)n1oc(=O)cc1Cc1ccc(Cl)cc1. The molecule has 0 bridgehead atoms. The number of hydrogen-bond acceptors (Lipinski definition) is 3. The average Bonchev–Trinajstić information content (AvgIpc) is 2.91. The Balaban J connectivity index is 1.81. The van der Waals surface area contributed by atoms with E-state index >= 15 is 0 Å². The van der Waals surface area contributed by atoms with E-state index < -0.39 is 5.63 Å². The Morgan fingerprint density at radius 3 is 2.70 bits per heavy atom. The van der Waals surface area contributed by atoms with Crippen LogP contribution in [-0.2, 0) is 6.42 Å². The number of hydrogen-bond donors (Lipinski definition) is 0. The van der Waals surface area contributed by atoms with E-state index in [1.165, 1.54) is 6.07 Å². The maximum atomic E-state index is 12.4. The molecule has 1 aliphatic carbocycles. The monoisotopic (exact) mass is 329 g/mol. The van der Waals surface area contributed by atoms with Crippen molar-refractivity contribution in [3.05, 3.63) is 80.8 Å². The van der Waals surface area contributed by atoms with Gasteiger partial charge in [0.05, 0.1) is 12.1 Å². The molecule has 0 fully saturated rings. The third-order valence-electron chi connectivity index (χ3n) is 3.68. The minimum absolute atomic E-state index is 0.224. The second kappa shape index (κ2) is 6.84. The normalized spacial score (nSPS) is 13.9. The zero-order valence-corrected chi connectivity index (χ0v) is 13.3. The summed E-state index contributed by atoms with van der Waals surface area (Å²) in [4.78, 5) is 24.0. The third kappa shape index (κ3) is 3.90. The van der Waals surface area contributed by atoms with E-state index in [2.05, 4.69) is 0 Å². The minimum atomic E-state index is -0.518. The first-order valence-corrected chi connectivity index (χ1v) is 7.85. The van der Waals surface area contributed by atoms with Gasteiger partial charge in [-0.15, -0.1) is 4.74 Å². The summed E-state index contributed by atoms with van der Waals surface area (Å²) in [5.74, 6) is -0.242. The molecular formula is C18H16ClNO3. The fraction of sp³-hybridized carbons (Fsp3) is 0.222. The number of rotatable bonds is 4. The second-order valence-corrected chi connectivity index (χ2v) is 5.91. The molecule has 3 rings (SSSR count). The molecule has 118 valence electrons. The van der Waals surface area contributed by atoms with E-state index in [4.69, 9.17) is 16.1 Å². The van der Waals surface area contributed by atoms with Gasteiger partial charge in [0.1, 0.15) is 0 Å². The van der Waals surface area contributed by atoms with Crippen LogP contribution in [0.2, 0.25) is 5.02 Å². The molecule has 1 aromatic carbocycles. The van der Waals surface area contributed by atoms with E-state index in [9.17, 15) is 9.59 Å². The van der Waals surface area contributed by atoms with Crippen LogP contribution in [0.3, 0.4) is 0 Å². The van der Waals surface area contributed by atoms with Gasteiger partial charge in [-0.05, 0) is 36.1 Å². The highest BCUT2D eigenvalue weighted by atomic mass is 35.5. The van der Waals surface area contributed by atoms with E-state index in [-0.39, 0.29) is 12.3 Å². The van der Waals surface area contributed by atoms with E-state index in [1.54, 1.807) is 12.1 Å². The third-order valence-corrected chi connectivity index (χ3v) is 3.93. The van der Waals surface area contributed by atoms with Crippen LogP contribution in [0.5, 0.6) is 0 Å². The Bertz CT molecular complexity index is 825. The van der Waals surface area contributed by atoms with Gasteiger partial charge in [0.15, 0.2) is 0 Å². The summed E-state index contributed by atoms with van der Waals surface area (Å²) in [5, 5.41) is 0.644. The van der Waals surface area contributed by atoms with Crippen LogP contribution in [0.1, 0.15) is 35.3 Å². The van der Waals surface area contributed by atoms with Gasteiger partial charge in [-0.1, -0.05) is 42.0 Å². The predicted octanol–water partition coefficient (Wildman–Crippen LogP) is 3.99. The summed E-state index contributed by atoms with van der Waals surface area (Å²) >= 11 is 5.87. The molecule has 0 atom stereocenters. The molecule has 1 aromatic heterocycles. The lowest BCUT2D eigenvalue weighted by Gasteiger charge is -2.08. The maximum Gasteiger partial charge on any atom is 0.358 e. The number of halogens is 1. The Morgan fingerprint density at radius 2 is 2.00 bits per heavy atom. The first-order chi connectivity index (χ1) is 11.1. The summed E-state index contributed by atoms with van der Waals surface area (Å²) in [7, 11) is 0. The van der Waals surface area contributed by atoms with Crippen molar-refractivity contribution in [1.29, 1.82) is 0 Å². The topological polar surface area (TPSA) is 52.2 Å². The molecular weight excluding hydrogens is 314 g/mol. The van der Waals surface area contributed by atoms with Crippen LogP contribution >= 0.6 is 11.6 Å². The van der Waals surface area contributed by atoms with Crippen LogP contribution < -0.4 is 5.63 Å². The minimum Gasteiger partial charge on any atom is -0.329 e. The summed E-state index contributed by atoms with van der Waals surface area (Å²) < 4.78 is 6.16. The molecule has 0 saturated heterocycles. The number of aromatic nitrogens is 1. The summed E-state index contributed by atoms with van der Waals surface area (Å²) in [5.41, 5.74) is 1.93. The van der Waals surface area contributed by atoms with Crippen molar-refractivity contribution in [2.75, 3.05) is 0 Å². The molecule has 1 heterocycles. The smallest absolute Gasteiger partial charge is 0.329 e. The van der Waals surface area contributed by atoms with Crippen molar-refractivity contribution < 1.29 is 9.32 Å². The molecule has 23 heavy (non-hydrogen) atoms. The largest absolute Gasteiger partial charge is 0.358 e. The zero-order chi connectivity index (χ0) is 16.2. The lowest BCUT2D eigenvalue weighted by atomic mass is 10.0. The molecule has 0 amide bonds. The highest BCUT2D eigenvalue weighted by Gasteiger charge is 2.16. The molecule has 0 N–H and O–H groups in total. The fourth-order valence-electron chi connectivity index (χ4n) is 2.56. The van der Waals surface area contributed by atoms with Gasteiger partial charge in [0.2, 0.25) is 0 Å². The molecule has 0 radical (unpaired) electrons. The van der Waals surface area contributed by atoms with Crippen molar-refractivity contribution in [2.24, 2.45) is 0 Å². The van der Waals surface area contributed by atoms with Gasteiger partial charge in [-0.2, -0.15) is 0 Å². The molecule has 0 aliphatic heterocycles. The van der Waals surface area contributed by atoms with Crippen molar-refractivity contribution in [3.8, 4) is 0 Å². The Morgan fingerprint density at radius 1 is 1.22 bits per heavy atom. The highest BCUT2D eigenvalue weighted by molar-refractivity contribution is 6.30.